The van der Waals surface area contributed by atoms with Crippen molar-refractivity contribution in [3.8, 4) is 5.75 Å². The van der Waals surface area contributed by atoms with Crippen LogP contribution in [0.15, 0.2) is 28.0 Å². The largest absolute Gasteiger partial charge is 0.486 e. The summed E-state index contributed by atoms with van der Waals surface area (Å²) in [5.74, 6) is 0.370. The molecule has 3 rings (SSSR count). The first-order valence-corrected chi connectivity index (χ1v) is 5.78. The van der Waals surface area contributed by atoms with Crippen molar-refractivity contribution in [1.82, 2.24) is 4.57 Å². The van der Waals surface area contributed by atoms with E-state index in [-0.39, 0.29) is 17.5 Å². The Morgan fingerprint density at radius 3 is 2.75 bits per heavy atom. The molecule has 2 heterocycles. The van der Waals surface area contributed by atoms with Gasteiger partial charge in [-0.25, -0.2) is 0 Å². The first kappa shape index (κ1) is 12.7. The van der Waals surface area contributed by atoms with E-state index in [1.54, 1.807) is 0 Å². The Kier molecular flexibility index (Phi) is 2.60. The highest BCUT2D eigenvalue weighted by atomic mass is 19.4. The van der Waals surface area contributed by atoms with Gasteiger partial charge in [-0.15, -0.1) is 0 Å². The molecule has 0 amide bonds. The van der Waals surface area contributed by atoms with Crippen molar-refractivity contribution in [2.24, 2.45) is 12.0 Å². The Labute approximate surface area is 111 Å². The second-order valence-electron chi connectivity index (χ2n) is 4.41. The zero-order valence-electron chi connectivity index (χ0n) is 10.4. The Hall–Kier alpha value is -2.31. The van der Waals surface area contributed by atoms with Crippen molar-refractivity contribution < 1.29 is 17.9 Å². The van der Waals surface area contributed by atoms with Crippen molar-refractivity contribution in [2.75, 3.05) is 6.61 Å². The summed E-state index contributed by atoms with van der Waals surface area (Å²) < 4.78 is 45.6. The number of halogens is 3. The van der Waals surface area contributed by atoms with E-state index in [0.717, 1.165) is 4.57 Å². The number of aromatic nitrogens is 1. The molecule has 4 nitrogen and oxygen atoms in total. The summed E-state index contributed by atoms with van der Waals surface area (Å²) >= 11 is 0. The number of rotatable bonds is 0. The number of hydrogen-bond acceptors (Lipinski definition) is 3. The lowest BCUT2D eigenvalue weighted by atomic mass is 10.1. The molecule has 104 valence electrons. The van der Waals surface area contributed by atoms with Crippen LogP contribution in [0, 0.1) is 0 Å². The highest BCUT2D eigenvalue weighted by Gasteiger charge is 2.34. The molecule has 0 atom stereocenters. The number of aliphatic imine (C=N–C) groups is 1. The molecule has 0 N–H and O–H groups in total. The van der Waals surface area contributed by atoms with E-state index in [1.165, 1.54) is 25.4 Å². The van der Waals surface area contributed by atoms with Crippen molar-refractivity contribution in [2.45, 2.75) is 6.18 Å². The molecule has 0 bridgehead atoms. The molecular weight excluding hydrogens is 273 g/mol. The summed E-state index contributed by atoms with van der Waals surface area (Å²) in [7, 11) is 1.42. The maximum Gasteiger partial charge on any atom is 0.417 e. The smallest absolute Gasteiger partial charge is 0.417 e. The standard InChI is InChI=1S/C13H9F3N2O2/c1-18-10-6-11-9(17-2-3-20-11)4-7(10)8(5-12(18)19)13(14,15)16/h2,4-6H,3H2,1H3. The predicted octanol–water partition coefficient (Wildman–Crippen LogP) is 2.65. The molecule has 2 aromatic rings. The summed E-state index contributed by atoms with van der Waals surface area (Å²) in [5.41, 5.74) is -1.18. The van der Waals surface area contributed by atoms with E-state index >= 15 is 0 Å². The first-order chi connectivity index (χ1) is 9.38. The third-order valence-corrected chi connectivity index (χ3v) is 3.18. The van der Waals surface area contributed by atoms with E-state index < -0.39 is 17.3 Å². The molecule has 0 saturated carbocycles. The van der Waals surface area contributed by atoms with E-state index in [9.17, 15) is 18.0 Å². The zero-order valence-corrected chi connectivity index (χ0v) is 10.4. The fourth-order valence-electron chi connectivity index (χ4n) is 2.18. The monoisotopic (exact) mass is 282 g/mol. The van der Waals surface area contributed by atoms with Gasteiger partial charge in [0.15, 0.2) is 0 Å². The van der Waals surface area contributed by atoms with Gasteiger partial charge < -0.3 is 9.30 Å². The van der Waals surface area contributed by atoms with Crippen molar-refractivity contribution in [3.63, 3.8) is 0 Å². The van der Waals surface area contributed by atoms with Crippen LogP contribution in [0.5, 0.6) is 5.75 Å². The Morgan fingerprint density at radius 2 is 2.05 bits per heavy atom. The molecule has 0 unspecified atom stereocenters. The van der Waals surface area contributed by atoms with Crippen LogP contribution in [-0.2, 0) is 13.2 Å². The third kappa shape index (κ3) is 1.86. The van der Waals surface area contributed by atoms with Gasteiger partial charge in [-0.3, -0.25) is 9.79 Å². The second kappa shape index (κ2) is 4.09. The average molecular weight is 282 g/mol. The van der Waals surface area contributed by atoms with Gasteiger partial charge in [-0.1, -0.05) is 0 Å². The van der Waals surface area contributed by atoms with Gasteiger partial charge in [-0.2, -0.15) is 13.2 Å². The molecule has 1 aromatic carbocycles. The number of pyridine rings is 1. The number of fused-ring (bicyclic) bond motifs is 2. The van der Waals surface area contributed by atoms with Crippen LogP contribution >= 0.6 is 0 Å². The van der Waals surface area contributed by atoms with Gasteiger partial charge in [0.25, 0.3) is 5.56 Å². The molecule has 1 aromatic heterocycles. The summed E-state index contributed by atoms with van der Waals surface area (Å²) in [6.07, 6.45) is -3.12. The second-order valence-corrected chi connectivity index (χ2v) is 4.41. The maximum absolute atomic E-state index is 13.0. The molecule has 20 heavy (non-hydrogen) atoms. The number of ether oxygens (including phenoxy) is 1. The summed E-state index contributed by atoms with van der Waals surface area (Å²) in [4.78, 5) is 15.7. The maximum atomic E-state index is 13.0. The van der Waals surface area contributed by atoms with E-state index in [0.29, 0.717) is 17.5 Å². The molecule has 0 saturated heterocycles. The van der Waals surface area contributed by atoms with Crippen molar-refractivity contribution in [1.29, 1.82) is 0 Å². The molecule has 1 aliphatic rings. The predicted molar refractivity (Wildman–Crippen MR) is 67.8 cm³/mol. The van der Waals surface area contributed by atoms with Gasteiger partial charge in [0, 0.05) is 30.8 Å². The minimum atomic E-state index is -4.60. The molecule has 0 aliphatic carbocycles. The summed E-state index contributed by atoms with van der Waals surface area (Å²) in [6, 6.07) is 3.31. The fraction of sp³-hybridized carbons (Fsp3) is 0.231. The third-order valence-electron chi connectivity index (χ3n) is 3.18. The SMILES string of the molecule is Cn1c(=O)cc(C(F)(F)F)c2cc3c(cc21)OCC=N3. The van der Waals surface area contributed by atoms with Crippen molar-refractivity contribution in [3.05, 3.63) is 34.1 Å². The molecule has 0 spiro atoms. The normalized spacial score (nSPS) is 14.2. The first-order valence-electron chi connectivity index (χ1n) is 5.78. The Balaban J connectivity index is 2.45. The van der Waals surface area contributed by atoms with Crippen LogP contribution < -0.4 is 10.3 Å². The lowest BCUT2D eigenvalue weighted by Crippen LogP contribution is -2.20. The number of benzene rings is 1. The minimum absolute atomic E-state index is 0.0685. The number of nitrogens with zero attached hydrogens (tertiary/aromatic N) is 2. The Bertz CT molecular complexity index is 791. The topological polar surface area (TPSA) is 43.6 Å². The fourth-order valence-corrected chi connectivity index (χ4v) is 2.18. The molecule has 0 fully saturated rings. The van der Waals surface area contributed by atoms with Gasteiger partial charge >= 0.3 is 6.18 Å². The summed E-state index contributed by atoms with van der Waals surface area (Å²) in [5, 5.41) is -0.0685. The quantitative estimate of drug-likeness (QED) is 0.745. The molecule has 7 heteroatoms. The average Bonchev–Trinajstić information content (AvgIpc) is 2.40. The zero-order chi connectivity index (χ0) is 14.5. The molecular formula is C13H9F3N2O2. The summed E-state index contributed by atoms with van der Waals surface area (Å²) in [6.45, 7) is 0.255. The Morgan fingerprint density at radius 1 is 1.30 bits per heavy atom. The lowest BCUT2D eigenvalue weighted by molar-refractivity contribution is -0.136. The van der Waals surface area contributed by atoms with Crippen LogP contribution in [0.1, 0.15) is 5.56 Å². The van der Waals surface area contributed by atoms with Gasteiger partial charge in [0.05, 0.1) is 11.1 Å². The van der Waals surface area contributed by atoms with Crippen LogP contribution in [0.4, 0.5) is 18.9 Å². The number of aryl methyl sites for hydroxylation is 1. The molecule has 0 radical (unpaired) electrons. The van der Waals surface area contributed by atoms with Crippen LogP contribution in [-0.4, -0.2) is 17.4 Å². The highest BCUT2D eigenvalue weighted by molar-refractivity contribution is 5.90. The van der Waals surface area contributed by atoms with Gasteiger partial charge in [-0.05, 0) is 6.07 Å². The molecule has 1 aliphatic heterocycles. The van der Waals surface area contributed by atoms with E-state index in [4.69, 9.17) is 4.74 Å². The van der Waals surface area contributed by atoms with Gasteiger partial charge in [0.2, 0.25) is 0 Å². The van der Waals surface area contributed by atoms with Crippen LogP contribution in [0.25, 0.3) is 10.9 Å². The van der Waals surface area contributed by atoms with E-state index in [2.05, 4.69) is 4.99 Å². The number of alkyl halides is 3. The lowest BCUT2D eigenvalue weighted by Gasteiger charge is -2.17. The van der Waals surface area contributed by atoms with Crippen molar-refractivity contribution >= 4 is 22.8 Å². The highest BCUT2D eigenvalue weighted by Crippen LogP contribution is 2.39. The van der Waals surface area contributed by atoms with Crippen LogP contribution in [0.3, 0.4) is 0 Å². The van der Waals surface area contributed by atoms with Crippen LogP contribution in [0.2, 0.25) is 0 Å². The van der Waals surface area contributed by atoms with Gasteiger partial charge in [0.1, 0.15) is 18.0 Å². The number of hydrogen-bond donors (Lipinski definition) is 0. The van der Waals surface area contributed by atoms with E-state index in [1.807, 2.05) is 0 Å². The minimum Gasteiger partial charge on any atom is -0.486 e.